The molecule has 0 amide bonds. The topological polar surface area (TPSA) is 55.5 Å². The Labute approximate surface area is 104 Å². The van der Waals surface area contributed by atoms with Gasteiger partial charge in [-0.3, -0.25) is 0 Å². The number of hydrogen-bond donors (Lipinski definition) is 2. The van der Waals surface area contributed by atoms with Crippen LogP contribution in [0, 0.1) is 0 Å². The van der Waals surface area contributed by atoms with Crippen LogP contribution in [0.25, 0.3) is 0 Å². The zero-order valence-corrected chi connectivity index (χ0v) is 10.7. The van der Waals surface area contributed by atoms with Gasteiger partial charge in [-0.1, -0.05) is 31.2 Å². The summed E-state index contributed by atoms with van der Waals surface area (Å²) in [7, 11) is 1.66. The lowest BCUT2D eigenvalue weighted by Crippen LogP contribution is -2.24. The van der Waals surface area contributed by atoms with Crippen molar-refractivity contribution >= 4 is 0 Å². The zero-order valence-electron chi connectivity index (χ0n) is 10.7. The molecule has 1 aromatic rings. The van der Waals surface area contributed by atoms with E-state index in [4.69, 9.17) is 10.5 Å². The maximum absolute atomic E-state index is 10.0. The van der Waals surface area contributed by atoms with Gasteiger partial charge in [-0.25, -0.2) is 0 Å². The van der Waals surface area contributed by atoms with Crippen LogP contribution in [0.1, 0.15) is 37.0 Å². The minimum absolute atomic E-state index is 0.0178. The zero-order chi connectivity index (χ0) is 12.7. The molecule has 0 saturated heterocycles. The van der Waals surface area contributed by atoms with Gasteiger partial charge in [0.25, 0.3) is 0 Å². The van der Waals surface area contributed by atoms with E-state index in [0.717, 1.165) is 18.4 Å². The first-order chi connectivity index (χ1) is 8.17. The first kappa shape index (κ1) is 14.2. The second kappa shape index (κ2) is 7.43. The molecule has 2 unspecified atom stereocenters. The van der Waals surface area contributed by atoms with Crippen molar-refractivity contribution < 1.29 is 9.84 Å². The molecule has 0 fully saturated rings. The molecule has 0 saturated carbocycles. The van der Waals surface area contributed by atoms with E-state index in [1.165, 1.54) is 5.56 Å². The van der Waals surface area contributed by atoms with Crippen molar-refractivity contribution in [2.24, 2.45) is 5.73 Å². The highest BCUT2D eigenvalue weighted by Crippen LogP contribution is 2.19. The van der Waals surface area contributed by atoms with Crippen molar-refractivity contribution in [2.75, 3.05) is 13.7 Å². The van der Waals surface area contributed by atoms with Gasteiger partial charge in [-0.2, -0.15) is 0 Å². The Morgan fingerprint density at radius 2 is 1.94 bits per heavy atom. The molecule has 0 spiro atoms. The summed E-state index contributed by atoms with van der Waals surface area (Å²) >= 11 is 0. The van der Waals surface area contributed by atoms with E-state index >= 15 is 0 Å². The monoisotopic (exact) mass is 237 g/mol. The second-order valence-electron chi connectivity index (χ2n) is 4.39. The van der Waals surface area contributed by atoms with Crippen LogP contribution in [0.3, 0.4) is 0 Å². The SMILES string of the molecule is CCc1ccc(C(O)CC(N)CCOC)cc1. The summed E-state index contributed by atoms with van der Waals surface area (Å²) in [5, 5.41) is 10.0. The molecule has 1 aromatic carbocycles. The normalized spacial score (nSPS) is 14.6. The number of methoxy groups -OCH3 is 1. The van der Waals surface area contributed by atoms with E-state index in [2.05, 4.69) is 19.1 Å². The summed E-state index contributed by atoms with van der Waals surface area (Å²) in [6.45, 7) is 2.76. The molecular weight excluding hydrogens is 214 g/mol. The van der Waals surface area contributed by atoms with Crippen LogP contribution in [0.4, 0.5) is 0 Å². The average Bonchev–Trinajstić information content (AvgIpc) is 2.36. The molecule has 0 aromatic heterocycles. The highest BCUT2D eigenvalue weighted by atomic mass is 16.5. The molecule has 0 bridgehead atoms. The summed E-state index contributed by atoms with van der Waals surface area (Å²) in [6.07, 6.45) is 1.90. The van der Waals surface area contributed by atoms with E-state index in [-0.39, 0.29) is 6.04 Å². The molecule has 0 aliphatic rings. The lowest BCUT2D eigenvalue weighted by atomic mass is 9.99. The molecule has 0 radical (unpaired) electrons. The number of nitrogens with two attached hydrogens (primary N) is 1. The average molecular weight is 237 g/mol. The van der Waals surface area contributed by atoms with E-state index in [0.29, 0.717) is 13.0 Å². The van der Waals surface area contributed by atoms with Crippen LogP contribution in [-0.2, 0) is 11.2 Å². The number of hydrogen-bond acceptors (Lipinski definition) is 3. The Morgan fingerprint density at radius 1 is 1.29 bits per heavy atom. The van der Waals surface area contributed by atoms with Crippen molar-refractivity contribution in [3.05, 3.63) is 35.4 Å². The van der Waals surface area contributed by atoms with Gasteiger partial charge in [-0.15, -0.1) is 0 Å². The molecule has 0 aliphatic carbocycles. The Hall–Kier alpha value is -0.900. The fraction of sp³-hybridized carbons (Fsp3) is 0.571. The fourth-order valence-corrected chi connectivity index (χ4v) is 1.79. The van der Waals surface area contributed by atoms with Crippen LogP contribution in [0.2, 0.25) is 0 Å². The minimum Gasteiger partial charge on any atom is -0.388 e. The first-order valence-electron chi connectivity index (χ1n) is 6.18. The van der Waals surface area contributed by atoms with Crippen molar-refractivity contribution in [2.45, 2.75) is 38.3 Å². The summed E-state index contributed by atoms with van der Waals surface area (Å²) in [4.78, 5) is 0. The van der Waals surface area contributed by atoms with Crippen molar-refractivity contribution in [1.82, 2.24) is 0 Å². The second-order valence-corrected chi connectivity index (χ2v) is 4.39. The van der Waals surface area contributed by atoms with Crippen LogP contribution in [0.15, 0.2) is 24.3 Å². The molecule has 3 nitrogen and oxygen atoms in total. The van der Waals surface area contributed by atoms with Crippen LogP contribution in [-0.4, -0.2) is 24.9 Å². The third kappa shape index (κ3) is 4.86. The van der Waals surface area contributed by atoms with Gasteiger partial charge in [0.1, 0.15) is 0 Å². The molecule has 96 valence electrons. The number of ether oxygens (including phenoxy) is 1. The maximum atomic E-state index is 10.0. The van der Waals surface area contributed by atoms with Gasteiger partial charge < -0.3 is 15.6 Å². The molecule has 3 N–H and O–H groups in total. The Morgan fingerprint density at radius 3 is 2.47 bits per heavy atom. The maximum Gasteiger partial charge on any atom is 0.0804 e. The van der Waals surface area contributed by atoms with Crippen LogP contribution >= 0.6 is 0 Å². The quantitative estimate of drug-likeness (QED) is 0.763. The number of aliphatic hydroxyl groups is 1. The van der Waals surface area contributed by atoms with Crippen molar-refractivity contribution in [3.8, 4) is 0 Å². The third-order valence-corrected chi connectivity index (χ3v) is 2.99. The Bertz CT molecular complexity index is 311. The van der Waals surface area contributed by atoms with Gasteiger partial charge in [-0.05, 0) is 30.4 Å². The lowest BCUT2D eigenvalue weighted by molar-refractivity contribution is 0.141. The molecule has 3 heteroatoms. The third-order valence-electron chi connectivity index (χ3n) is 2.99. The van der Waals surface area contributed by atoms with Crippen LogP contribution in [0.5, 0.6) is 0 Å². The number of benzene rings is 1. The Kier molecular flexibility index (Phi) is 6.19. The highest BCUT2D eigenvalue weighted by Gasteiger charge is 2.12. The molecule has 0 aliphatic heterocycles. The van der Waals surface area contributed by atoms with E-state index in [1.807, 2.05) is 12.1 Å². The lowest BCUT2D eigenvalue weighted by Gasteiger charge is -2.16. The molecule has 0 heterocycles. The number of aryl methyl sites for hydroxylation is 1. The summed E-state index contributed by atoms with van der Waals surface area (Å²) in [6, 6.07) is 8.05. The fourth-order valence-electron chi connectivity index (χ4n) is 1.79. The first-order valence-corrected chi connectivity index (χ1v) is 6.18. The largest absolute Gasteiger partial charge is 0.388 e. The molecule has 1 rings (SSSR count). The summed E-state index contributed by atoms with van der Waals surface area (Å²) in [5.41, 5.74) is 8.14. The van der Waals surface area contributed by atoms with Gasteiger partial charge >= 0.3 is 0 Å². The van der Waals surface area contributed by atoms with Gasteiger partial charge in [0.05, 0.1) is 6.10 Å². The minimum atomic E-state index is -0.479. The molecule has 2 atom stereocenters. The van der Waals surface area contributed by atoms with Gasteiger partial charge in [0.2, 0.25) is 0 Å². The van der Waals surface area contributed by atoms with Crippen molar-refractivity contribution in [3.63, 3.8) is 0 Å². The van der Waals surface area contributed by atoms with Crippen LogP contribution < -0.4 is 5.73 Å². The summed E-state index contributed by atoms with van der Waals surface area (Å²) in [5.74, 6) is 0. The van der Waals surface area contributed by atoms with Crippen molar-refractivity contribution in [1.29, 1.82) is 0 Å². The summed E-state index contributed by atoms with van der Waals surface area (Å²) < 4.78 is 4.97. The predicted molar refractivity (Wildman–Crippen MR) is 69.9 cm³/mol. The number of rotatable bonds is 7. The standard InChI is InChI=1S/C14H23NO2/c1-3-11-4-6-12(7-5-11)14(16)10-13(15)8-9-17-2/h4-7,13-14,16H,3,8-10,15H2,1-2H3. The molecular formula is C14H23NO2. The van der Waals surface area contributed by atoms with E-state index < -0.39 is 6.10 Å². The molecule has 17 heavy (non-hydrogen) atoms. The van der Waals surface area contributed by atoms with Gasteiger partial charge in [0, 0.05) is 19.8 Å². The van der Waals surface area contributed by atoms with E-state index in [1.54, 1.807) is 7.11 Å². The van der Waals surface area contributed by atoms with Gasteiger partial charge in [0.15, 0.2) is 0 Å². The smallest absolute Gasteiger partial charge is 0.0804 e. The Balaban J connectivity index is 2.47. The number of aliphatic hydroxyl groups excluding tert-OH is 1. The highest BCUT2D eigenvalue weighted by molar-refractivity contribution is 5.24. The van der Waals surface area contributed by atoms with E-state index in [9.17, 15) is 5.11 Å². The predicted octanol–water partition coefficient (Wildman–Crippen LogP) is 2.04.